The van der Waals surface area contributed by atoms with Crippen molar-refractivity contribution in [1.82, 2.24) is 0 Å². The number of carbonyl (C=O) groups excluding carboxylic acids is 1. The van der Waals surface area contributed by atoms with Gasteiger partial charge in [0.05, 0.1) is 13.7 Å². The summed E-state index contributed by atoms with van der Waals surface area (Å²) in [4.78, 5) is 14.1. The van der Waals surface area contributed by atoms with Gasteiger partial charge < -0.3 is 4.74 Å². The van der Waals surface area contributed by atoms with E-state index in [0.717, 1.165) is 0 Å². The molecule has 0 heterocycles. The van der Waals surface area contributed by atoms with Crippen molar-refractivity contribution < 1.29 is 9.53 Å². The lowest BCUT2D eigenvalue weighted by Gasteiger charge is -2.04. The number of allylic oxidation sites excluding steroid dienone is 1. The van der Waals surface area contributed by atoms with Gasteiger partial charge in [0, 0.05) is 4.48 Å². The molecule has 0 aliphatic rings. The zero-order chi connectivity index (χ0) is 9.72. The lowest BCUT2D eigenvalue weighted by atomic mass is 10.2. The summed E-state index contributed by atoms with van der Waals surface area (Å²) in [6.45, 7) is 10.5. The first kappa shape index (κ1) is 11.2. The van der Waals surface area contributed by atoms with Crippen LogP contribution in [-0.2, 0) is 9.53 Å². The van der Waals surface area contributed by atoms with E-state index < -0.39 is 5.97 Å². The predicted molar refractivity (Wildman–Crippen MR) is 49.4 cm³/mol. The van der Waals surface area contributed by atoms with Crippen LogP contribution in [0, 0.1) is 12.5 Å². The summed E-state index contributed by atoms with van der Waals surface area (Å²) >= 11 is 3.18. The molecule has 0 bridgehead atoms. The van der Waals surface area contributed by atoms with E-state index in [1.54, 1.807) is 0 Å². The summed E-state index contributed by atoms with van der Waals surface area (Å²) in [5, 5.41) is 0. The van der Waals surface area contributed by atoms with Crippen LogP contribution < -0.4 is 0 Å². The number of rotatable bonds is 2. The van der Waals surface area contributed by atoms with Crippen LogP contribution in [0.5, 0.6) is 0 Å². The summed E-state index contributed by atoms with van der Waals surface area (Å²) < 4.78 is 5.02. The van der Waals surface area contributed by atoms with E-state index in [1.165, 1.54) is 7.11 Å². The minimum absolute atomic E-state index is 0.0208. The molecule has 0 saturated heterocycles. The van der Waals surface area contributed by atoms with Crippen molar-refractivity contribution in [2.75, 3.05) is 7.11 Å². The maximum atomic E-state index is 11.0. The Morgan fingerprint density at radius 1 is 1.58 bits per heavy atom. The van der Waals surface area contributed by atoms with Crippen LogP contribution in [0.1, 0.15) is 13.8 Å². The van der Waals surface area contributed by atoms with E-state index in [1.807, 2.05) is 13.8 Å². The van der Waals surface area contributed by atoms with Crippen LogP contribution in [0.15, 0.2) is 10.2 Å². The maximum Gasteiger partial charge on any atom is 0.336 e. The van der Waals surface area contributed by atoms with E-state index in [-0.39, 0.29) is 11.6 Å². The fraction of sp³-hybridized carbons (Fsp3) is 0.500. The molecule has 0 amide bonds. The van der Waals surface area contributed by atoms with Gasteiger partial charge >= 0.3 is 5.97 Å². The Hall–Kier alpha value is -0.820. The van der Waals surface area contributed by atoms with Crippen LogP contribution >= 0.6 is 15.9 Å². The van der Waals surface area contributed by atoms with Gasteiger partial charge in [-0.1, -0.05) is 29.8 Å². The van der Waals surface area contributed by atoms with Gasteiger partial charge in [-0.2, -0.15) is 0 Å². The van der Waals surface area contributed by atoms with Crippen LogP contribution in [0.3, 0.4) is 0 Å². The highest BCUT2D eigenvalue weighted by molar-refractivity contribution is 9.11. The monoisotopic (exact) mass is 231 g/mol. The zero-order valence-corrected chi connectivity index (χ0v) is 8.81. The molecule has 0 radical (unpaired) electrons. The molecule has 0 N–H and O–H groups in total. The molecule has 0 aromatic heterocycles. The van der Waals surface area contributed by atoms with Gasteiger partial charge in [-0.25, -0.2) is 4.85 Å². The van der Waals surface area contributed by atoms with Crippen molar-refractivity contribution >= 4 is 21.9 Å². The third-order valence-corrected chi connectivity index (χ3v) is 2.51. The predicted octanol–water partition coefficient (Wildman–Crippen LogP) is 2.34. The van der Waals surface area contributed by atoms with Crippen LogP contribution in [-0.4, -0.2) is 13.1 Å². The summed E-state index contributed by atoms with van der Waals surface area (Å²) in [6.07, 6.45) is 0. The Labute approximate surface area is 80.3 Å². The Bertz CT molecular complexity index is 250. The number of ether oxygens (including phenoxy) is 1. The Morgan fingerprint density at radius 3 is 2.33 bits per heavy atom. The number of esters is 1. The lowest BCUT2D eigenvalue weighted by Crippen LogP contribution is -2.05. The van der Waals surface area contributed by atoms with Gasteiger partial charge in [-0.3, -0.25) is 4.79 Å². The number of nitrogens with zero attached hydrogens (tertiary/aromatic N) is 1. The number of carbonyl (C=O) groups is 1. The smallest absolute Gasteiger partial charge is 0.336 e. The van der Waals surface area contributed by atoms with E-state index in [4.69, 9.17) is 6.57 Å². The van der Waals surface area contributed by atoms with Crippen LogP contribution in [0.2, 0.25) is 0 Å². The second-order valence-corrected chi connectivity index (χ2v) is 3.31. The van der Waals surface area contributed by atoms with Crippen molar-refractivity contribution in [1.29, 1.82) is 0 Å². The Balaban J connectivity index is 4.90. The average molecular weight is 232 g/mol. The molecule has 0 unspecified atom stereocenters. The van der Waals surface area contributed by atoms with Gasteiger partial charge in [0.2, 0.25) is 0 Å². The van der Waals surface area contributed by atoms with Crippen molar-refractivity contribution in [3.05, 3.63) is 21.6 Å². The van der Waals surface area contributed by atoms with Gasteiger partial charge in [0.1, 0.15) is 0 Å². The molecular formula is C8H10BrNO2. The normalized spacial score (nSPS) is 12.0. The highest BCUT2D eigenvalue weighted by Crippen LogP contribution is 2.22. The van der Waals surface area contributed by atoms with Gasteiger partial charge in [0.25, 0.3) is 5.70 Å². The molecule has 0 aromatic rings. The van der Waals surface area contributed by atoms with Crippen molar-refractivity contribution in [2.24, 2.45) is 5.92 Å². The van der Waals surface area contributed by atoms with Crippen molar-refractivity contribution in [3.8, 4) is 0 Å². The SMILES string of the molecule is [C-]#[N+]/C(C(=O)OC)=C(/Br)C(C)C. The maximum absolute atomic E-state index is 11.0. The van der Waals surface area contributed by atoms with E-state index >= 15 is 0 Å². The molecule has 0 saturated carbocycles. The number of hydrogen-bond acceptors (Lipinski definition) is 2. The topological polar surface area (TPSA) is 30.7 Å². The lowest BCUT2D eigenvalue weighted by molar-refractivity contribution is -0.135. The molecule has 66 valence electrons. The first-order valence-corrected chi connectivity index (χ1v) is 4.19. The molecule has 0 rings (SSSR count). The molecule has 0 spiro atoms. The molecule has 0 aliphatic carbocycles. The second-order valence-electron chi connectivity index (χ2n) is 2.45. The first-order valence-electron chi connectivity index (χ1n) is 3.40. The summed E-state index contributed by atoms with van der Waals surface area (Å²) in [5.74, 6) is -0.473. The van der Waals surface area contributed by atoms with Gasteiger partial charge in [-0.05, 0) is 5.92 Å². The zero-order valence-electron chi connectivity index (χ0n) is 7.22. The Morgan fingerprint density at radius 2 is 2.08 bits per heavy atom. The minimum Gasteiger partial charge on any atom is -0.474 e. The molecular weight excluding hydrogens is 222 g/mol. The first-order chi connectivity index (χ1) is 5.54. The molecule has 0 aliphatic heterocycles. The molecule has 4 heteroatoms. The minimum atomic E-state index is -0.592. The van der Waals surface area contributed by atoms with E-state index in [0.29, 0.717) is 4.48 Å². The van der Waals surface area contributed by atoms with Crippen LogP contribution in [0.4, 0.5) is 0 Å². The molecule has 0 fully saturated rings. The summed E-state index contributed by atoms with van der Waals surface area (Å²) in [5.41, 5.74) is 0.0208. The highest BCUT2D eigenvalue weighted by atomic mass is 79.9. The number of methoxy groups -OCH3 is 1. The number of hydrogen-bond donors (Lipinski definition) is 0. The standard InChI is InChI=1S/C8H10BrNO2/c1-5(2)6(9)7(10-3)8(11)12-4/h5H,1-2,4H3/b7-6+. The largest absolute Gasteiger partial charge is 0.474 e. The fourth-order valence-corrected chi connectivity index (χ4v) is 0.817. The average Bonchev–Trinajstić information content (AvgIpc) is 2.05. The summed E-state index contributed by atoms with van der Waals surface area (Å²) in [6, 6.07) is 0. The molecule has 0 atom stereocenters. The quantitative estimate of drug-likeness (QED) is 0.415. The highest BCUT2D eigenvalue weighted by Gasteiger charge is 2.16. The second kappa shape index (κ2) is 4.94. The van der Waals surface area contributed by atoms with Crippen molar-refractivity contribution in [3.63, 3.8) is 0 Å². The molecule has 3 nitrogen and oxygen atoms in total. The third kappa shape index (κ3) is 2.67. The van der Waals surface area contributed by atoms with Gasteiger partial charge in [-0.15, -0.1) is 0 Å². The molecule has 0 aromatic carbocycles. The van der Waals surface area contributed by atoms with E-state index in [2.05, 4.69) is 25.5 Å². The van der Waals surface area contributed by atoms with Crippen molar-refractivity contribution in [2.45, 2.75) is 13.8 Å². The van der Waals surface area contributed by atoms with E-state index in [9.17, 15) is 4.79 Å². The van der Waals surface area contributed by atoms with Gasteiger partial charge in [0.15, 0.2) is 0 Å². The fourth-order valence-electron chi connectivity index (χ4n) is 0.567. The third-order valence-electron chi connectivity index (χ3n) is 1.22. The number of halogens is 1. The molecule has 12 heavy (non-hydrogen) atoms. The summed E-state index contributed by atoms with van der Waals surface area (Å²) in [7, 11) is 1.26. The van der Waals surface area contributed by atoms with Crippen LogP contribution in [0.25, 0.3) is 4.85 Å². The Kier molecular flexibility index (Phi) is 4.60.